The Labute approximate surface area is 101 Å². The maximum atomic E-state index is 13.2. The molecule has 0 amide bonds. The van der Waals surface area contributed by atoms with E-state index < -0.39 is 5.60 Å². The molecule has 1 aromatic carbocycles. The highest BCUT2D eigenvalue weighted by Gasteiger charge is 2.32. The van der Waals surface area contributed by atoms with Gasteiger partial charge in [-0.2, -0.15) is 11.8 Å². The summed E-state index contributed by atoms with van der Waals surface area (Å²) in [5, 5.41) is 10.2. The predicted molar refractivity (Wildman–Crippen MR) is 64.7 cm³/mol. The molecule has 1 aliphatic heterocycles. The van der Waals surface area contributed by atoms with Crippen molar-refractivity contribution in [2.75, 3.05) is 11.5 Å². The first kappa shape index (κ1) is 11.4. The second-order valence-electron chi connectivity index (χ2n) is 3.92. The van der Waals surface area contributed by atoms with Crippen molar-refractivity contribution in [3.8, 4) is 0 Å². The van der Waals surface area contributed by atoms with E-state index in [9.17, 15) is 9.50 Å². The van der Waals surface area contributed by atoms with E-state index >= 15 is 0 Å². The van der Waals surface area contributed by atoms with E-state index in [1.54, 1.807) is 17.8 Å². The van der Waals surface area contributed by atoms with Gasteiger partial charge in [0.2, 0.25) is 0 Å². The van der Waals surface area contributed by atoms with Crippen molar-refractivity contribution < 1.29 is 9.50 Å². The minimum atomic E-state index is -0.652. The molecule has 0 radical (unpaired) electrons. The molecule has 82 valence electrons. The third-order valence-corrected chi connectivity index (χ3v) is 4.76. The normalized spacial score (nSPS) is 25.8. The van der Waals surface area contributed by atoms with Crippen molar-refractivity contribution in [2.24, 2.45) is 0 Å². The highest BCUT2D eigenvalue weighted by molar-refractivity contribution is 9.10. The average Bonchev–Trinajstić information content (AvgIpc) is 2.60. The maximum absolute atomic E-state index is 13.2. The molecule has 0 saturated carbocycles. The average molecular weight is 291 g/mol. The second-order valence-corrected chi connectivity index (χ2v) is 5.81. The molecule has 15 heavy (non-hydrogen) atoms. The van der Waals surface area contributed by atoms with Gasteiger partial charge in [0.15, 0.2) is 0 Å². The lowest BCUT2D eigenvalue weighted by molar-refractivity contribution is 0.0684. The Kier molecular flexibility index (Phi) is 3.38. The van der Waals surface area contributed by atoms with Gasteiger partial charge in [0.05, 0.1) is 10.1 Å². The summed E-state index contributed by atoms with van der Waals surface area (Å²) in [6, 6.07) is 4.95. The minimum absolute atomic E-state index is 0.262. The zero-order valence-electron chi connectivity index (χ0n) is 8.17. The lowest BCUT2D eigenvalue weighted by atomic mass is 9.94. The summed E-state index contributed by atoms with van der Waals surface area (Å²) >= 11 is 4.97. The molecular weight excluding hydrogens is 279 g/mol. The standard InChI is InChI=1S/C11H12BrFOS/c12-10-8(2-1-3-9(10)13)6-11(14)4-5-15-7-11/h1-3,14H,4-7H2. The van der Waals surface area contributed by atoms with Crippen LogP contribution in [0.2, 0.25) is 0 Å². The van der Waals surface area contributed by atoms with Crippen LogP contribution < -0.4 is 0 Å². The van der Waals surface area contributed by atoms with Gasteiger partial charge < -0.3 is 5.11 Å². The maximum Gasteiger partial charge on any atom is 0.137 e. The number of hydrogen-bond acceptors (Lipinski definition) is 2. The number of hydrogen-bond donors (Lipinski definition) is 1. The molecule has 0 spiro atoms. The fourth-order valence-electron chi connectivity index (χ4n) is 1.78. The number of benzene rings is 1. The first-order valence-corrected chi connectivity index (χ1v) is 6.78. The summed E-state index contributed by atoms with van der Waals surface area (Å²) in [5.41, 5.74) is 0.195. The van der Waals surface area contributed by atoms with Gasteiger partial charge >= 0.3 is 0 Å². The first-order valence-electron chi connectivity index (χ1n) is 4.84. The Hall–Kier alpha value is -0.0600. The van der Waals surface area contributed by atoms with E-state index in [0.29, 0.717) is 10.9 Å². The van der Waals surface area contributed by atoms with Crippen LogP contribution in [0.4, 0.5) is 4.39 Å². The second kappa shape index (κ2) is 4.44. The van der Waals surface area contributed by atoms with Gasteiger partial charge in [-0.05, 0) is 39.7 Å². The fraction of sp³-hybridized carbons (Fsp3) is 0.455. The van der Waals surface area contributed by atoms with Crippen LogP contribution in [-0.2, 0) is 6.42 Å². The van der Waals surface area contributed by atoms with E-state index in [4.69, 9.17) is 0 Å². The Morgan fingerprint density at radius 2 is 2.33 bits per heavy atom. The van der Waals surface area contributed by atoms with Gasteiger partial charge in [-0.25, -0.2) is 4.39 Å². The van der Waals surface area contributed by atoms with Crippen LogP contribution in [0.15, 0.2) is 22.7 Å². The zero-order valence-corrected chi connectivity index (χ0v) is 10.6. The van der Waals surface area contributed by atoms with Crippen molar-refractivity contribution in [1.29, 1.82) is 0 Å². The van der Waals surface area contributed by atoms with Crippen molar-refractivity contribution in [3.63, 3.8) is 0 Å². The summed E-state index contributed by atoms with van der Waals surface area (Å²) in [7, 11) is 0. The van der Waals surface area contributed by atoms with Crippen LogP contribution in [0.3, 0.4) is 0 Å². The molecule has 1 nitrogen and oxygen atoms in total. The van der Waals surface area contributed by atoms with Crippen LogP contribution in [0.5, 0.6) is 0 Å². The molecule has 1 saturated heterocycles. The highest BCUT2D eigenvalue weighted by atomic mass is 79.9. The van der Waals surface area contributed by atoms with Crippen LogP contribution >= 0.6 is 27.7 Å². The lowest BCUT2D eigenvalue weighted by Crippen LogP contribution is -2.31. The smallest absolute Gasteiger partial charge is 0.137 e. The van der Waals surface area contributed by atoms with Crippen molar-refractivity contribution in [2.45, 2.75) is 18.4 Å². The van der Waals surface area contributed by atoms with Crippen LogP contribution in [-0.4, -0.2) is 22.2 Å². The van der Waals surface area contributed by atoms with Gasteiger partial charge in [0, 0.05) is 12.2 Å². The predicted octanol–water partition coefficient (Wildman–Crippen LogP) is 3.00. The molecular formula is C11H12BrFOS. The number of aliphatic hydroxyl groups is 1. The summed E-state index contributed by atoms with van der Waals surface area (Å²) in [4.78, 5) is 0. The topological polar surface area (TPSA) is 20.2 Å². The van der Waals surface area contributed by atoms with E-state index in [1.165, 1.54) is 6.07 Å². The van der Waals surface area contributed by atoms with Crippen molar-refractivity contribution in [3.05, 3.63) is 34.1 Å². The molecule has 0 aromatic heterocycles. The van der Waals surface area contributed by atoms with Gasteiger partial charge in [-0.15, -0.1) is 0 Å². The van der Waals surface area contributed by atoms with Gasteiger partial charge in [-0.3, -0.25) is 0 Å². The third kappa shape index (κ3) is 2.55. The number of rotatable bonds is 2. The van der Waals surface area contributed by atoms with Crippen LogP contribution in [0.1, 0.15) is 12.0 Å². The van der Waals surface area contributed by atoms with Gasteiger partial charge in [0.1, 0.15) is 5.82 Å². The zero-order chi connectivity index (χ0) is 10.9. The number of halogens is 2. The Balaban J connectivity index is 2.20. The third-order valence-electron chi connectivity index (χ3n) is 2.63. The van der Waals surface area contributed by atoms with E-state index in [-0.39, 0.29) is 5.82 Å². The molecule has 1 aliphatic rings. The summed E-state index contributed by atoms with van der Waals surface area (Å²) in [6.45, 7) is 0. The first-order chi connectivity index (χ1) is 7.11. The van der Waals surface area contributed by atoms with Crippen LogP contribution in [0, 0.1) is 5.82 Å². The van der Waals surface area contributed by atoms with Gasteiger partial charge in [0.25, 0.3) is 0 Å². The lowest BCUT2D eigenvalue weighted by Gasteiger charge is -2.21. The summed E-state index contributed by atoms with van der Waals surface area (Å²) in [6.07, 6.45) is 1.32. The van der Waals surface area contributed by atoms with Crippen molar-refractivity contribution in [1.82, 2.24) is 0 Å². The molecule has 2 rings (SSSR count). The minimum Gasteiger partial charge on any atom is -0.389 e. The Bertz CT molecular complexity index is 364. The molecule has 1 heterocycles. The SMILES string of the molecule is OC1(Cc2cccc(F)c2Br)CCSC1. The largest absolute Gasteiger partial charge is 0.389 e. The molecule has 1 N–H and O–H groups in total. The molecule has 4 heteroatoms. The molecule has 1 aromatic rings. The Morgan fingerprint density at radius 3 is 3.00 bits per heavy atom. The highest BCUT2D eigenvalue weighted by Crippen LogP contribution is 2.33. The number of thioether (sulfide) groups is 1. The van der Waals surface area contributed by atoms with E-state index in [1.807, 2.05) is 6.07 Å². The van der Waals surface area contributed by atoms with Crippen LogP contribution in [0.25, 0.3) is 0 Å². The van der Waals surface area contributed by atoms with E-state index in [0.717, 1.165) is 23.5 Å². The van der Waals surface area contributed by atoms with E-state index in [2.05, 4.69) is 15.9 Å². The molecule has 1 atom stereocenters. The molecule has 1 unspecified atom stereocenters. The van der Waals surface area contributed by atoms with Crippen molar-refractivity contribution >= 4 is 27.7 Å². The molecule has 0 aliphatic carbocycles. The monoisotopic (exact) mass is 290 g/mol. The molecule has 0 bridgehead atoms. The summed E-state index contributed by atoms with van der Waals surface area (Å²) < 4.78 is 13.7. The summed E-state index contributed by atoms with van der Waals surface area (Å²) in [5.74, 6) is 1.47. The fourth-order valence-corrected chi connectivity index (χ4v) is 3.47. The van der Waals surface area contributed by atoms with Gasteiger partial charge in [-0.1, -0.05) is 12.1 Å². The molecule has 1 fully saturated rings. The Morgan fingerprint density at radius 1 is 1.53 bits per heavy atom. The quantitative estimate of drug-likeness (QED) is 0.904.